The maximum absolute atomic E-state index is 12.4. The Kier molecular flexibility index (Phi) is 3.99. The highest BCUT2D eigenvalue weighted by molar-refractivity contribution is 7.89. The third-order valence-corrected chi connectivity index (χ3v) is 5.57. The van der Waals surface area contributed by atoms with Gasteiger partial charge < -0.3 is 5.73 Å². The lowest BCUT2D eigenvalue weighted by Gasteiger charge is -2.28. The van der Waals surface area contributed by atoms with Crippen molar-refractivity contribution in [2.24, 2.45) is 11.7 Å². The Morgan fingerprint density at radius 1 is 1.50 bits per heavy atom. The highest BCUT2D eigenvalue weighted by Crippen LogP contribution is 2.31. The van der Waals surface area contributed by atoms with Crippen LogP contribution >= 0.6 is 0 Å². The Balaban J connectivity index is 2.25. The summed E-state index contributed by atoms with van der Waals surface area (Å²) in [5.41, 5.74) is 5.71. The van der Waals surface area contributed by atoms with Crippen LogP contribution in [-0.2, 0) is 10.0 Å². The van der Waals surface area contributed by atoms with E-state index >= 15 is 0 Å². The highest BCUT2D eigenvalue weighted by Gasteiger charge is 2.35. The van der Waals surface area contributed by atoms with Gasteiger partial charge in [0.25, 0.3) is 0 Å². The van der Waals surface area contributed by atoms with Gasteiger partial charge in [0.2, 0.25) is 10.0 Å². The van der Waals surface area contributed by atoms with Crippen LogP contribution in [-0.4, -0.2) is 37.3 Å². The monoisotopic (exact) mass is 269 g/mol. The van der Waals surface area contributed by atoms with E-state index in [2.05, 4.69) is 4.98 Å². The van der Waals surface area contributed by atoms with Crippen molar-refractivity contribution in [3.8, 4) is 0 Å². The predicted octanol–water partition coefficient (Wildman–Crippen LogP) is 0.829. The molecule has 2 rings (SSSR count). The second kappa shape index (κ2) is 5.34. The minimum absolute atomic E-state index is 0.0141. The molecule has 1 heterocycles. The lowest BCUT2D eigenvalue weighted by atomic mass is 10.0. The summed E-state index contributed by atoms with van der Waals surface area (Å²) < 4.78 is 26.3. The van der Waals surface area contributed by atoms with Crippen molar-refractivity contribution in [2.45, 2.75) is 30.2 Å². The summed E-state index contributed by atoms with van der Waals surface area (Å²) in [5.74, 6) is 0.265. The third kappa shape index (κ3) is 2.41. The largest absolute Gasteiger partial charge is 0.330 e. The average Bonchev–Trinajstić information content (AvgIpc) is 2.87. The summed E-state index contributed by atoms with van der Waals surface area (Å²) in [6.07, 6.45) is 5.89. The molecule has 0 bridgehead atoms. The highest BCUT2D eigenvalue weighted by atomic mass is 32.2. The number of rotatable bonds is 4. The Morgan fingerprint density at radius 2 is 2.28 bits per heavy atom. The fourth-order valence-corrected chi connectivity index (χ4v) is 4.03. The van der Waals surface area contributed by atoms with Crippen molar-refractivity contribution in [3.05, 3.63) is 24.5 Å². The molecule has 1 aromatic rings. The zero-order chi connectivity index (χ0) is 13.2. The molecule has 100 valence electrons. The first-order valence-electron chi connectivity index (χ1n) is 6.15. The fraction of sp³-hybridized carbons (Fsp3) is 0.583. The Bertz CT molecular complexity index is 489. The third-order valence-electron chi connectivity index (χ3n) is 3.70. The second-order valence-corrected chi connectivity index (χ2v) is 6.70. The van der Waals surface area contributed by atoms with Crippen LogP contribution in [0.3, 0.4) is 0 Å². The van der Waals surface area contributed by atoms with Crippen molar-refractivity contribution in [1.82, 2.24) is 9.29 Å². The van der Waals surface area contributed by atoms with Gasteiger partial charge >= 0.3 is 0 Å². The molecule has 1 aliphatic rings. The van der Waals surface area contributed by atoms with Crippen LogP contribution in [0.4, 0.5) is 0 Å². The van der Waals surface area contributed by atoms with Crippen LogP contribution in [0.1, 0.15) is 19.3 Å². The van der Waals surface area contributed by atoms with Crippen molar-refractivity contribution in [2.75, 3.05) is 13.6 Å². The predicted molar refractivity (Wildman–Crippen MR) is 69.4 cm³/mol. The molecule has 0 aliphatic heterocycles. The fourth-order valence-electron chi connectivity index (χ4n) is 2.62. The molecule has 2 atom stereocenters. The summed E-state index contributed by atoms with van der Waals surface area (Å²) in [7, 11) is -1.81. The maximum atomic E-state index is 12.4. The van der Waals surface area contributed by atoms with Gasteiger partial charge in [0.15, 0.2) is 0 Å². The molecule has 0 saturated heterocycles. The lowest BCUT2D eigenvalue weighted by Crippen LogP contribution is -2.41. The van der Waals surface area contributed by atoms with Gasteiger partial charge in [-0.05, 0) is 37.4 Å². The molecule has 1 aliphatic carbocycles. The minimum atomic E-state index is -3.45. The average molecular weight is 269 g/mol. The molecule has 1 saturated carbocycles. The maximum Gasteiger partial charge on any atom is 0.244 e. The number of nitrogens with zero attached hydrogens (tertiary/aromatic N) is 2. The molecule has 0 amide bonds. The number of hydrogen-bond donors (Lipinski definition) is 1. The first-order chi connectivity index (χ1) is 8.57. The summed E-state index contributed by atoms with van der Waals surface area (Å²) in [6.45, 7) is 0.539. The van der Waals surface area contributed by atoms with E-state index in [0.29, 0.717) is 6.54 Å². The Labute approximate surface area is 108 Å². The summed E-state index contributed by atoms with van der Waals surface area (Å²) in [5, 5.41) is 0. The Morgan fingerprint density at radius 3 is 2.89 bits per heavy atom. The molecular formula is C12H19N3O2S. The van der Waals surface area contributed by atoms with E-state index in [4.69, 9.17) is 5.73 Å². The van der Waals surface area contributed by atoms with E-state index < -0.39 is 10.0 Å². The smallest absolute Gasteiger partial charge is 0.244 e. The van der Waals surface area contributed by atoms with Gasteiger partial charge in [0, 0.05) is 25.5 Å². The summed E-state index contributed by atoms with van der Waals surface area (Å²) in [6, 6.07) is 3.22. The number of sulfonamides is 1. The molecular weight excluding hydrogens is 250 g/mol. The van der Waals surface area contributed by atoms with Crippen LogP contribution in [0.5, 0.6) is 0 Å². The van der Waals surface area contributed by atoms with Crippen LogP contribution in [0.25, 0.3) is 0 Å². The van der Waals surface area contributed by atoms with Gasteiger partial charge in [-0.3, -0.25) is 4.98 Å². The van der Waals surface area contributed by atoms with E-state index in [1.165, 1.54) is 10.5 Å². The zero-order valence-electron chi connectivity index (χ0n) is 10.5. The Hall–Kier alpha value is -0.980. The van der Waals surface area contributed by atoms with Crippen molar-refractivity contribution >= 4 is 10.0 Å². The molecule has 2 unspecified atom stereocenters. The zero-order valence-corrected chi connectivity index (χ0v) is 11.3. The van der Waals surface area contributed by atoms with Gasteiger partial charge in [-0.25, -0.2) is 8.42 Å². The van der Waals surface area contributed by atoms with E-state index in [1.807, 2.05) is 0 Å². The standard InChI is InChI=1S/C12H19N3O2S/c1-15(12-6-2-4-10(12)8-13)18(16,17)11-5-3-7-14-9-11/h3,5,7,9-10,12H,2,4,6,8,13H2,1H3. The van der Waals surface area contributed by atoms with Gasteiger partial charge in [-0.2, -0.15) is 4.31 Å². The molecule has 0 aromatic carbocycles. The first-order valence-corrected chi connectivity index (χ1v) is 7.59. The van der Waals surface area contributed by atoms with E-state index in [0.717, 1.165) is 19.3 Å². The van der Waals surface area contributed by atoms with Gasteiger partial charge in [-0.1, -0.05) is 6.42 Å². The number of pyridine rings is 1. The number of hydrogen-bond acceptors (Lipinski definition) is 4. The summed E-state index contributed by atoms with van der Waals surface area (Å²) in [4.78, 5) is 4.11. The van der Waals surface area contributed by atoms with Crippen LogP contribution < -0.4 is 5.73 Å². The lowest BCUT2D eigenvalue weighted by molar-refractivity contribution is 0.304. The van der Waals surface area contributed by atoms with Crippen LogP contribution in [0.15, 0.2) is 29.4 Å². The second-order valence-electron chi connectivity index (χ2n) is 4.70. The van der Waals surface area contributed by atoms with E-state index in [1.54, 1.807) is 25.4 Å². The van der Waals surface area contributed by atoms with Gasteiger partial charge in [0.05, 0.1) is 0 Å². The molecule has 18 heavy (non-hydrogen) atoms. The number of nitrogens with two attached hydrogens (primary N) is 1. The van der Waals surface area contributed by atoms with E-state index in [9.17, 15) is 8.42 Å². The van der Waals surface area contributed by atoms with Crippen molar-refractivity contribution in [1.29, 1.82) is 0 Å². The van der Waals surface area contributed by atoms with Gasteiger partial charge in [0.1, 0.15) is 4.90 Å². The molecule has 1 fully saturated rings. The summed E-state index contributed by atoms with van der Waals surface area (Å²) >= 11 is 0. The van der Waals surface area contributed by atoms with Crippen molar-refractivity contribution < 1.29 is 8.42 Å². The van der Waals surface area contributed by atoms with Crippen molar-refractivity contribution in [3.63, 3.8) is 0 Å². The van der Waals surface area contributed by atoms with Gasteiger partial charge in [-0.15, -0.1) is 0 Å². The van der Waals surface area contributed by atoms with Crippen LogP contribution in [0, 0.1) is 5.92 Å². The molecule has 0 spiro atoms. The molecule has 0 radical (unpaired) electrons. The molecule has 6 heteroatoms. The van der Waals surface area contributed by atoms with Crippen LogP contribution in [0.2, 0.25) is 0 Å². The molecule has 2 N–H and O–H groups in total. The quantitative estimate of drug-likeness (QED) is 0.878. The topological polar surface area (TPSA) is 76.3 Å². The SMILES string of the molecule is CN(C1CCCC1CN)S(=O)(=O)c1cccnc1. The van der Waals surface area contributed by atoms with E-state index in [-0.39, 0.29) is 16.9 Å². The normalized spacial score (nSPS) is 24.6. The number of aromatic nitrogens is 1. The molecule has 1 aromatic heterocycles. The first kappa shape index (κ1) is 13.5. The molecule has 5 nitrogen and oxygen atoms in total. The minimum Gasteiger partial charge on any atom is -0.330 e.